The monoisotopic (exact) mass is 395 g/mol. The van der Waals surface area contributed by atoms with Crippen LogP contribution in [0.5, 0.6) is 0 Å². The van der Waals surface area contributed by atoms with Gasteiger partial charge in [0.05, 0.1) is 11.1 Å². The summed E-state index contributed by atoms with van der Waals surface area (Å²) in [4.78, 5) is 17.1. The van der Waals surface area contributed by atoms with Gasteiger partial charge in [0.25, 0.3) is 0 Å². The molecule has 0 N–H and O–H groups in total. The first-order valence-corrected chi connectivity index (χ1v) is 8.71. The number of alkyl halides is 3. The van der Waals surface area contributed by atoms with E-state index in [9.17, 15) is 22.4 Å². The number of benzene rings is 3. The van der Waals surface area contributed by atoms with Crippen LogP contribution < -0.4 is 0 Å². The molecule has 2 nitrogen and oxygen atoms in total. The average molecular weight is 395 g/mol. The van der Waals surface area contributed by atoms with Gasteiger partial charge < -0.3 is 0 Å². The van der Waals surface area contributed by atoms with Crippen molar-refractivity contribution in [1.82, 2.24) is 4.98 Å². The summed E-state index contributed by atoms with van der Waals surface area (Å²) in [6, 6.07) is 17.4. The molecule has 0 bridgehead atoms. The lowest BCUT2D eigenvalue weighted by Gasteiger charge is -2.15. The number of hydrogen-bond acceptors (Lipinski definition) is 2. The minimum absolute atomic E-state index is 0.105. The number of carbonyl (C=O) groups excluding carboxylic acids is 1. The predicted octanol–water partition coefficient (Wildman–Crippen LogP) is 6.29. The van der Waals surface area contributed by atoms with Gasteiger partial charge in [-0.3, -0.25) is 9.78 Å². The molecule has 0 radical (unpaired) electrons. The molecule has 29 heavy (non-hydrogen) atoms. The first-order chi connectivity index (χ1) is 13.9. The average Bonchev–Trinajstić information content (AvgIpc) is 2.72. The maximum atomic E-state index is 13.9. The summed E-state index contributed by atoms with van der Waals surface area (Å²) in [5, 5.41) is 0.132. The van der Waals surface area contributed by atoms with Gasteiger partial charge in [-0.1, -0.05) is 54.6 Å². The molecule has 0 aliphatic carbocycles. The second kappa shape index (κ2) is 7.13. The summed E-state index contributed by atoms with van der Waals surface area (Å²) >= 11 is 0. The summed E-state index contributed by atoms with van der Waals surface area (Å²) < 4.78 is 54.3. The molecule has 144 valence electrons. The molecule has 1 aromatic heterocycles. The van der Waals surface area contributed by atoms with Crippen molar-refractivity contribution in [2.75, 3.05) is 0 Å². The van der Waals surface area contributed by atoms with Crippen LogP contribution in [-0.2, 0) is 6.18 Å². The fraction of sp³-hybridized carbons (Fsp3) is 0.0435. The van der Waals surface area contributed by atoms with Crippen molar-refractivity contribution in [2.45, 2.75) is 6.18 Å². The van der Waals surface area contributed by atoms with E-state index < -0.39 is 23.3 Å². The van der Waals surface area contributed by atoms with Crippen LogP contribution in [0.3, 0.4) is 0 Å². The number of fused-ring (bicyclic) bond motifs is 1. The number of para-hydroxylation sites is 1. The van der Waals surface area contributed by atoms with Crippen molar-refractivity contribution in [3.63, 3.8) is 0 Å². The lowest BCUT2D eigenvalue weighted by molar-refractivity contribution is -0.136. The van der Waals surface area contributed by atoms with Crippen LogP contribution in [-0.4, -0.2) is 10.8 Å². The number of nitrogens with zero attached hydrogens (tertiary/aromatic N) is 1. The summed E-state index contributed by atoms with van der Waals surface area (Å²) in [7, 11) is 0. The molecule has 0 aliphatic rings. The predicted molar refractivity (Wildman–Crippen MR) is 102 cm³/mol. The van der Waals surface area contributed by atoms with E-state index in [4.69, 9.17) is 0 Å². The third kappa shape index (κ3) is 3.49. The maximum absolute atomic E-state index is 13.9. The zero-order valence-electron chi connectivity index (χ0n) is 14.9. The van der Waals surface area contributed by atoms with Gasteiger partial charge >= 0.3 is 6.18 Å². The highest BCUT2D eigenvalue weighted by atomic mass is 19.4. The Hall–Kier alpha value is -3.54. The number of aromatic nitrogens is 1. The minimum Gasteiger partial charge on any atom is -0.289 e. The number of halogens is 4. The van der Waals surface area contributed by atoms with Crippen LogP contribution in [0.1, 0.15) is 21.5 Å². The van der Waals surface area contributed by atoms with E-state index in [-0.39, 0.29) is 22.0 Å². The molecule has 0 amide bonds. The normalized spacial score (nSPS) is 11.6. The molecule has 4 rings (SSSR count). The number of hydrogen-bond donors (Lipinski definition) is 0. The van der Waals surface area contributed by atoms with E-state index in [1.807, 2.05) is 0 Å². The molecule has 0 fully saturated rings. The first kappa shape index (κ1) is 18.8. The van der Waals surface area contributed by atoms with E-state index in [2.05, 4.69) is 4.98 Å². The third-order valence-corrected chi connectivity index (χ3v) is 4.60. The molecule has 1 heterocycles. The number of ketones is 1. The molecular formula is C23H13F4NO. The molecule has 3 aromatic carbocycles. The van der Waals surface area contributed by atoms with Gasteiger partial charge in [0.2, 0.25) is 0 Å². The lowest BCUT2D eigenvalue weighted by Crippen LogP contribution is -2.09. The Morgan fingerprint density at radius 2 is 1.59 bits per heavy atom. The van der Waals surface area contributed by atoms with Crippen LogP contribution in [0.2, 0.25) is 0 Å². The Morgan fingerprint density at radius 1 is 0.862 bits per heavy atom. The molecule has 0 saturated heterocycles. The highest BCUT2D eigenvalue weighted by molar-refractivity contribution is 6.16. The second-order valence-corrected chi connectivity index (χ2v) is 6.45. The largest absolute Gasteiger partial charge is 0.418 e. The van der Waals surface area contributed by atoms with Crippen LogP contribution in [0, 0.1) is 5.82 Å². The smallest absolute Gasteiger partial charge is 0.289 e. The zero-order chi connectivity index (χ0) is 20.6. The Bertz CT molecular complexity index is 1220. The van der Waals surface area contributed by atoms with Crippen molar-refractivity contribution < 1.29 is 22.4 Å². The van der Waals surface area contributed by atoms with Gasteiger partial charge in [-0.05, 0) is 23.8 Å². The van der Waals surface area contributed by atoms with E-state index >= 15 is 0 Å². The topological polar surface area (TPSA) is 30.0 Å². The van der Waals surface area contributed by atoms with Crippen molar-refractivity contribution in [3.8, 4) is 11.1 Å². The van der Waals surface area contributed by atoms with E-state index in [0.717, 1.165) is 12.3 Å². The van der Waals surface area contributed by atoms with Gasteiger partial charge in [-0.2, -0.15) is 13.2 Å². The van der Waals surface area contributed by atoms with Crippen molar-refractivity contribution in [3.05, 3.63) is 102 Å². The van der Waals surface area contributed by atoms with Crippen LogP contribution in [0.4, 0.5) is 17.6 Å². The van der Waals surface area contributed by atoms with Gasteiger partial charge in [-0.15, -0.1) is 0 Å². The summed E-state index contributed by atoms with van der Waals surface area (Å²) in [6.07, 6.45) is -3.48. The molecule has 4 aromatic rings. The molecule has 6 heteroatoms. The standard InChI is InChI=1S/C23H13F4NO/c24-16-9-4-8-15(12-16)20-17-10-5-11-19(23(25,26)27)21(17)28-13-18(20)22(29)14-6-2-1-3-7-14/h1-13H. The van der Waals surface area contributed by atoms with Crippen molar-refractivity contribution >= 4 is 16.7 Å². The minimum atomic E-state index is -4.61. The zero-order valence-corrected chi connectivity index (χ0v) is 14.9. The Labute approximate surface area is 163 Å². The highest BCUT2D eigenvalue weighted by Crippen LogP contribution is 2.39. The van der Waals surface area contributed by atoms with Crippen molar-refractivity contribution in [2.24, 2.45) is 0 Å². The van der Waals surface area contributed by atoms with E-state index in [1.54, 1.807) is 36.4 Å². The fourth-order valence-corrected chi connectivity index (χ4v) is 3.32. The van der Waals surface area contributed by atoms with Gasteiger partial charge in [0.15, 0.2) is 5.78 Å². The van der Waals surface area contributed by atoms with Gasteiger partial charge in [-0.25, -0.2) is 4.39 Å². The maximum Gasteiger partial charge on any atom is 0.418 e. The number of carbonyl (C=O) groups is 1. The highest BCUT2D eigenvalue weighted by Gasteiger charge is 2.34. The lowest BCUT2D eigenvalue weighted by atomic mass is 9.91. The summed E-state index contributed by atoms with van der Waals surface area (Å²) in [6.45, 7) is 0. The van der Waals surface area contributed by atoms with E-state index in [1.165, 1.54) is 30.3 Å². The van der Waals surface area contributed by atoms with E-state index in [0.29, 0.717) is 11.1 Å². The summed E-state index contributed by atoms with van der Waals surface area (Å²) in [5.41, 5.74) is -0.215. The molecule has 0 unspecified atom stereocenters. The fourth-order valence-electron chi connectivity index (χ4n) is 3.32. The van der Waals surface area contributed by atoms with Gasteiger partial charge in [0, 0.05) is 28.3 Å². The van der Waals surface area contributed by atoms with Crippen LogP contribution in [0.25, 0.3) is 22.0 Å². The molecule has 0 spiro atoms. The Balaban J connectivity index is 2.07. The second-order valence-electron chi connectivity index (χ2n) is 6.45. The molecule has 0 aliphatic heterocycles. The van der Waals surface area contributed by atoms with Gasteiger partial charge in [0.1, 0.15) is 5.82 Å². The molecule has 0 saturated carbocycles. The Morgan fingerprint density at radius 3 is 2.28 bits per heavy atom. The Kier molecular flexibility index (Phi) is 4.62. The third-order valence-electron chi connectivity index (χ3n) is 4.60. The number of rotatable bonds is 3. The first-order valence-electron chi connectivity index (χ1n) is 8.71. The van der Waals surface area contributed by atoms with Crippen LogP contribution >= 0.6 is 0 Å². The van der Waals surface area contributed by atoms with Crippen molar-refractivity contribution in [1.29, 1.82) is 0 Å². The molecular weight excluding hydrogens is 382 g/mol. The quantitative estimate of drug-likeness (QED) is 0.301. The SMILES string of the molecule is O=C(c1ccccc1)c1cnc2c(C(F)(F)F)cccc2c1-c1cccc(F)c1. The van der Waals surface area contributed by atoms with Crippen LogP contribution in [0.15, 0.2) is 79.0 Å². The summed E-state index contributed by atoms with van der Waals surface area (Å²) in [5.74, 6) is -0.964. The molecule has 0 atom stereocenters. The number of pyridine rings is 1.